The third-order valence-electron chi connectivity index (χ3n) is 4.06. The lowest BCUT2D eigenvalue weighted by molar-refractivity contribution is 0.472. The molecule has 0 amide bonds. The van der Waals surface area contributed by atoms with Crippen LogP contribution in [0.2, 0.25) is 5.02 Å². The van der Waals surface area contributed by atoms with Crippen LogP contribution in [0.4, 0.5) is 5.69 Å². The van der Waals surface area contributed by atoms with Crippen LogP contribution in [0.25, 0.3) is 5.52 Å². The van der Waals surface area contributed by atoms with Crippen LogP contribution in [-0.2, 0) is 6.54 Å². The van der Waals surface area contributed by atoms with Crippen LogP contribution in [0.3, 0.4) is 0 Å². The summed E-state index contributed by atoms with van der Waals surface area (Å²) in [6, 6.07) is 7.15. The van der Waals surface area contributed by atoms with E-state index < -0.39 is 16.7 Å². The molecule has 2 aromatic heterocycles. The van der Waals surface area contributed by atoms with E-state index in [-0.39, 0.29) is 17.7 Å². The summed E-state index contributed by atoms with van der Waals surface area (Å²) in [5, 5.41) is 13.7. The minimum absolute atomic E-state index is 0.0767. The van der Waals surface area contributed by atoms with Crippen molar-refractivity contribution in [3.63, 3.8) is 0 Å². The molecule has 3 aromatic rings. The minimum Gasteiger partial charge on any atom is -0.502 e. The third-order valence-corrected chi connectivity index (χ3v) is 4.30. The Morgan fingerprint density at radius 1 is 1.31 bits per heavy atom. The van der Waals surface area contributed by atoms with E-state index in [1.54, 1.807) is 30.6 Å². The zero-order valence-electron chi connectivity index (χ0n) is 14.2. The first kappa shape index (κ1) is 17.8. The van der Waals surface area contributed by atoms with Gasteiger partial charge in [-0.3, -0.25) is 9.59 Å². The molecule has 7 heteroatoms. The Hall–Kier alpha value is -2.99. The molecule has 0 unspecified atom stereocenters. The number of anilines is 1. The average Bonchev–Trinajstić information content (AvgIpc) is 2.61. The fraction of sp³-hybridized carbons (Fsp3) is 0.158. The number of pyridine rings is 1. The summed E-state index contributed by atoms with van der Waals surface area (Å²) < 4.78 is 2.84. The predicted molar refractivity (Wildman–Crippen MR) is 103 cm³/mol. The van der Waals surface area contributed by atoms with Gasteiger partial charge in [-0.15, -0.1) is 0 Å². The van der Waals surface area contributed by atoms with E-state index in [1.807, 2.05) is 13.0 Å². The molecule has 2 heterocycles. The van der Waals surface area contributed by atoms with Crippen molar-refractivity contribution in [2.24, 2.45) is 0 Å². The van der Waals surface area contributed by atoms with Gasteiger partial charge in [0.25, 0.3) is 5.56 Å². The quantitative estimate of drug-likeness (QED) is 0.722. The van der Waals surface area contributed by atoms with Crippen LogP contribution in [0.1, 0.15) is 18.9 Å². The number of hydrogen-bond donors (Lipinski definition) is 2. The first-order valence-electron chi connectivity index (χ1n) is 8.07. The monoisotopic (exact) mass is 371 g/mol. The second-order valence-corrected chi connectivity index (χ2v) is 6.36. The Labute approximate surface area is 154 Å². The van der Waals surface area contributed by atoms with Crippen molar-refractivity contribution in [1.29, 1.82) is 0 Å². The van der Waals surface area contributed by atoms with Crippen LogP contribution in [0.5, 0.6) is 5.75 Å². The fourth-order valence-corrected chi connectivity index (χ4v) is 2.84. The molecule has 6 nitrogen and oxygen atoms in total. The van der Waals surface area contributed by atoms with Crippen LogP contribution >= 0.6 is 11.6 Å². The second kappa shape index (κ2) is 7.09. The Morgan fingerprint density at radius 2 is 2.08 bits per heavy atom. The van der Waals surface area contributed by atoms with Crippen LogP contribution < -0.4 is 16.3 Å². The van der Waals surface area contributed by atoms with Gasteiger partial charge in [0.1, 0.15) is 5.69 Å². The Bertz CT molecular complexity index is 1120. The van der Waals surface area contributed by atoms with E-state index >= 15 is 0 Å². The molecule has 0 aliphatic carbocycles. The first-order chi connectivity index (χ1) is 12.4. The molecule has 0 saturated heterocycles. The molecular formula is C19H18ClN3O3. The highest BCUT2D eigenvalue weighted by atomic mass is 35.5. The Balaban J connectivity index is 2.10. The maximum Gasteiger partial charge on any atom is 0.279 e. The van der Waals surface area contributed by atoms with Gasteiger partial charge in [0.2, 0.25) is 5.43 Å². The smallest absolute Gasteiger partial charge is 0.279 e. The van der Waals surface area contributed by atoms with Crippen molar-refractivity contribution in [3.05, 3.63) is 86.3 Å². The molecule has 0 radical (unpaired) electrons. The number of rotatable bonds is 5. The largest absolute Gasteiger partial charge is 0.502 e. The molecule has 2 N–H and O–H groups in total. The molecule has 1 aromatic carbocycles. The number of nitrogens with one attached hydrogen (secondary N) is 1. The summed E-state index contributed by atoms with van der Waals surface area (Å²) in [5.41, 5.74) is 0.449. The number of benzene rings is 1. The van der Waals surface area contributed by atoms with Gasteiger partial charge in [-0.25, -0.2) is 0 Å². The van der Waals surface area contributed by atoms with Crippen molar-refractivity contribution in [2.75, 3.05) is 5.32 Å². The summed E-state index contributed by atoms with van der Waals surface area (Å²) >= 11 is 5.98. The number of allylic oxidation sites excluding steroid dienone is 1. The molecular weight excluding hydrogens is 354 g/mol. The van der Waals surface area contributed by atoms with Crippen LogP contribution in [-0.4, -0.2) is 14.1 Å². The minimum atomic E-state index is -0.641. The van der Waals surface area contributed by atoms with E-state index in [0.717, 1.165) is 5.56 Å². The summed E-state index contributed by atoms with van der Waals surface area (Å²) in [6.07, 6.45) is 5.31. The lowest BCUT2D eigenvalue weighted by Crippen LogP contribution is -2.25. The summed E-state index contributed by atoms with van der Waals surface area (Å²) in [4.78, 5) is 25.1. The highest BCUT2D eigenvalue weighted by Crippen LogP contribution is 2.16. The lowest BCUT2D eigenvalue weighted by Gasteiger charge is -2.12. The maximum atomic E-state index is 12.8. The van der Waals surface area contributed by atoms with Gasteiger partial charge in [0.05, 0.1) is 6.54 Å². The highest BCUT2D eigenvalue weighted by molar-refractivity contribution is 6.30. The van der Waals surface area contributed by atoms with Gasteiger partial charge in [-0.1, -0.05) is 37.2 Å². The average molecular weight is 372 g/mol. The van der Waals surface area contributed by atoms with Crippen molar-refractivity contribution >= 4 is 22.8 Å². The number of halogens is 1. The van der Waals surface area contributed by atoms with Gasteiger partial charge >= 0.3 is 0 Å². The van der Waals surface area contributed by atoms with Gasteiger partial charge in [0.15, 0.2) is 11.3 Å². The SMILES string of the molecule is C=C(CC)Nc1cn2ccn(Cc3cccc(Cl)c3)c(=O)c2c(O)c1=O. The molecule has 3 rings (SSSR count). The van der Waals surface area contributed by atoms with E-state index in [0.29, 0.717) is 17.1 Å². The number of nitrogens with zero attached hydrogens (tertiary/aromatic N) is 2. The topological polar surface area (TPSA) is 75.7 Å². The lowest BCUT2D eigenvalue weighted by atomic mass is 10.2. The maximum absolute atomic E-state index is 12.8. The van der Waals surface area contributed by atoms with Gasteiger partial charge in [-0.2, -0.15) is 0 Å². The zero-order valence-corrected chi connectivity index (χ0v) is 15.0. The highest BCUT2D eigenvalue weighted by Gasteiger charge is 2.15. The van der Waals surface area contributed by atoms with Gasteiger partial charge in [0, 0.05) is 29.3 Å². The summed E-state index contributed by atoms with van der Waals surface area (Å²) in [6.45, 7) is 5.95. The number of aromatic nitrogens is 2. The van der Waals surface area contributed by atoms with Crippen LogP contribution in [0, 0.1) is 0 Å². The molecule has 0 bridgehead atoms. The van der Waals surface area contributed by atoms with E-state index in [9.17, 15) is 14.7 Å². The van der Waals surface area contributed by atoms with E-state index in [4.69, 9.17) is 11.6 Å². The molecule has 0 saturated carbocycles. The summed E-state index contributed by atoms with van der Waals surface area (Å²) in [5.74, 6) is -0.593. The van der Waals surface area contributed by atoms with Gasteiger partial charge in [-0.05, 0) is 24.1 Å². The number of fused-ring (bicyclic) bond motifs is 1. The van der Waals surface area contributed by atoms with Crippen molar-refractivity contribution in [1.82, 2.24) is 8.97 Å². The second-order valence-electron chi connectivity index (χ2n) is 5.92. The number of aromatic hydroxyl groups is 1. The molecule has 26 heavy (non-hydrogen) atoms. The van der Waals surface area contributed by atoms with Gasteiger partial charge < -0.3 is 19.4 Å². The summed E-state index contributed by atoms with van der Waals surface area (Å²) in [7, 11) is 0. The molecule has 0 fully saturated rings. The van der Waals surface area contributed by atoms with Crippen LogP contribution in [0.15, 0.2) is 64.7 Å². The normalized spacial score (nSPS) is 10.8. The molecule has 0 aliphatic rings. The van der Waals surface area contributed by atoms with E-state index in [2.05, 4.69) is 11.9 Å². The molecule has 0 spiro atoms. The van der Waals surface area contributed by atoms with Crippen molar-refractivity contribution in [2.45, 2.75) is 19.9 Å². The zero-order chi connectivity index (χ0) is 18.8. The standard InChI is InChI=1S/C19H18ClN3O3/c1-3-12(2)21-15-11-22-7-8-23(10-13-5-4-6-14(20)9-13)19(26)16(22)18(25)17(15)24/h4-9,11,21,25H,2-3,10H2,1H3. The molecule has 0 atom stereocenters. The first-order valence-corrected chi connectivity index (χ1v) is 8.45. The predicted octanol–water partition coefficient (Wildman–Crippen LogP) is 3.20. The van der Waals surface area contributed by atoms with Crippen molar-refractivity contribution < 1.29 is 5.11 Å². The molecule has 0 aliphatic heterocycles. The molecule has 134 valence electrons. The third kappa shape index (κ3) is 3.36. The number of hydrogen-bond acceptors (Lipinski definition) is 4. The van der Waals surface area contributed by atoms with E-state index in [1.165, 1.54) is 15.2 Å². The Morgan fingerprint density at radius 3 is 2.77 bits per heavy atom. The Kier molecular flexibility index (Phi) is 4.86. The van der Waals surface area contributed by atoms with Crippen molar-refractivity contribution in [3.8, 4) is 5.75 Å². The fourth-order valence-electron chi connectivity index (χ4n) is 2.63.